The van der Waals surface area contributed by atoms with Gasteiger partial charge >= 0.3 is 0 Å². The molecule has 4 nitrogen and oxygen atoms in total. The van der Waals surface area contributed by atoms with E-state index in [-0.39, 0.29) is 0 Å². The summed E-state index contributed by atoms with van der Waals surface area (Å²) >= 11 is 0. The van der Waals surface area contributed by atoms with Gasteiger partial charge in [0.2, 0.25) is 5.95 Å². The summed E-state index contributed by atoms with van der Waals surface area (Å²) in [5, 5.41) is 3.10. The zero-order valence-corrected chi connectivity index (χ0v) is 9.65. The number of likely N-dealkylation sites (N-methyl/N-ethyl adjacent to an activating group) is 1. The monoisotopic (exact) mass is 224 g/mol. The number of nitrogens with one attached hydrogen (secondary N) is 1. The van der Waals surface area contributed by atoms with E-state index in [0.29, 0.717) is 12.0 Å². The topological polar surface area (TPSA) is 41.1 Å². The summed E-state index contributed by atoms with van der Waals surface area (Å²) in [5.41, 5.74) is 0. The molecule has 0 bridgehead atoms. The van der Waals surface area contributed by atoms with Crippen molar-refractivity contribution in [2.75, 3.05) is 18.9 Å². The number of nitrogens with zero attached hydrogens (tertiary/aromatic N) is 3. The zero-order chi connectivity index (χ0) is 11.5. The Hall–Kier alpha value is -1.23. The minimum Gasteiger partial charge on any atom is -0.353 e. The summed E-state index contributed by atoms with van der Waals surface area (Å²) < 4.78 is 12.6. The van der Waals surface area contributed by atoms with Crippen LogP contribution >= 0.6 is 0 Å². The fourth-order valence-electron chi connectivity index (χ4n) is 1.63. The molecule has 0 aliphatic heterocycles. The SMILES string of the molecule is CC(CNc1ncc(F)cn1)N(C)C1CC1. The van der Waals surface area contributed by atoms with Crippen molar-refractivity contribution in [2.45, 2.75) is 31.8 Å². The minimum atomic E-state index is -0.409. The third-order valence-corrected chi connectivity index (χ3v) is 2.99. The van der Waals surface area contributed by atoms with Crippen molar-refractivity contribution in [2.24, 2.45) is 0 Å². The molecule has 1 fully saturated rings. The second-order valence-electron chi connectivity index (χ2n) is 4.35. The average molecular weight is 224 g/mol. The van der Waals surface area contributed by atoms with Gasteiger partial charge in [0, 0.05) is 18.6 Å². The summed E-state index contributed by atoms with van der Waals surface area (Å²) in [6, 6.07) is 1.17. The van der Waals surface area contributed by atoms with E-state index in [1.165, 1.54) is 25.2 Å². The Morgan fingerprint density at radius 3 is 2.69 bits per heavy atom. The largest absolute Gasteiger partial charge is 0.353 e. The molecule has 1 saturated carbocycles. The van der Waals surface area contributed by atoms with Crippen LogP contribution in [0.15, 0.2) is 12.4 Å². The molecule has 88 valence electrons. The highest BCUT2D eigenvalue weighted by Gasteiger charge is 2.28. The van der Waals surface area contributed by atoms with Gasteiger partial charge in [-0.2, -0.15) is 0 Å². The molecule has 0 radical (unpaired) electrons. The van der Waals surface area contributed by atoms with Crippen molar-refractivity contribution in [1.29, 1.82) is 0 Å². The number of hydrogen-bond acceptors (Lipinski definition) is 4. The quantitative estimate of drug-likeness (QED) is 0.823. The van der Waals surface area contributed by atoms with Crippen LogP contribution in [0, 0.1) is 5.82 Å². The minimum absolute atomic E-state index is 0.409. The van der Waals surface area contributed by atoms with Crippen molar-refractivity contribution in [3.63, 3.8) is 0 Å². The normalized spacial score (nSPS) is 17.5. The van der Waals surface area contributed by atoms with Crippen LogP contribution < -0.4 is 5.32 Å². The summed E-state index contributed by atoms with van der Waals surface area (Å²) in [7, 11) is 2.13. The van der Waals surface area contributed by atoms with Gasteiger partial charge in [-0.05, 0) is 26.8 Å². The maximum atomic E-state index is 12.6. The van der Waals surface area contributed by atoms with E-state index in [9.17, 15) is 4.39 Å². The first-order valence-electron chi connectivity index (χ1n) is 5.60. The molecule has 1 aromatic rings. The third-order valence-electron chi connectivity index (χ3n) is 2.99. The van der Waals surface area contributed by atoms with Crippen LogP contribution in [0.25, 0.3) is 0 Å². The van der Waals surface area contributed by atoms with Crippen molar-refractivity contribution in [1.82, 2.24) is 14.9 Å². The Bertz CT molecular complexity index is 336. The Morgan fingerprint density at radius 2 is 2.12 bits per heavy atom. The molecule has 1 aliphatic carbocycles. The van der Waals surface area contributed by atoms with Crippen LogP contribution in [0.3, 0.4) is 0 Å². The van der Waals surface area contributed by atoms with Crippen LogP contribution in [-0.2, 0) is 0 Å². The molecular weight excluding hydrogens is 207 g/mol. The third kappa shape index (κ3) is 2.88. The van der Waals surface area contributed by atoms with E-state index in [1.807, 2.05) is 0 Å². The molecule has 0 saturated heterocycles. The lowest BCUT2D eigenvalue weighted by atomic mass is 10.3. The maximum Gasteiger partial charge on any atom is 0.222 e. The molecule has 16 heavy (non-hydrogen) atoms. The number of anilines is 1. The van der Waals surface area contributed by atoms with Crippen molar-refractivity contribution in [3.8, 4) is 0 Å². The van der Waals surface area contributed by atoms with E-state index in [0.717, 1.165) is 12.6 Å². The number of halogens is 1. The van der Waals surface area contributed by atoms with Gasteiger partial charge in [-0.3, -0.25) is 4.90 Å². The Morgan fingerprint density at radius 1 is 1.50 bits per heavy atom. The molecule has 1 aliphatic rings. The highest BCUT2D eigenvalue weighted by molar-refractivity contribution is 5.22. The summed E-state index contributed by atoms with van der Waals surface area (Å²) in [5.74, 6) is 0.0751. The van der Waals surface area contributed by atoms with Gasteiger partial charge in [-0.1, -0.05) is 0 Å². The maximum absolute atomic E-state index is 12.6. The zero-order valence-electron chi connectivity index (χ0n) is 9.65. The van der Waals surface area contributed by atoms with Crippen LogP contribution in [-0.4, -0.2) is 40.5 Å². The van der Waals surface area contributed by atoms with Crippen LogP contribution in [0.1, 0.15) is 19.8 Å². The fourth-order valence-corrected chi connectivity index (χ4v) is 1.63. The Kier molecular flexibility index (Phi) is 3.33. The molecule has 1 aromatic heterocycles. The number of hydrogen-bond donors (Lipinski definition) is 1. The van der Waals surface area contributed by atoms with E-state index >= 15 is 0 Å². The highest BCUT2D eigenvalue weighted by Crippen LogP contribution is 2.26. The van der Waals surface area contributed by atoms with Crippen LogP contribution in [0.2, 0.25) is 0 Å². The van der Waals surface area contributed by atoms with Gasteiger partial charge in [-0.25, -0.2) is 14.4 Å². The lowest BCUT2D eigenvalue weighted by molar-refractivity contribution is 0.257. The summed E-state index contributed by atoms with van der Waals surface area (Å²) in [4.78, 5) is 10.1. The van der Waals surface area contributed by atoms with Gasteiger partial charge in [0.1, 0.15) is 0 Å². The van der Waals surface area contributed by atoms with Gasteiger partial charge in [0.25, 0.3) is 0 Å². The average Bonchev–Trinajstić information content (AvgIpc) is 3.11. The van der Waals surface area contributed by atoms with Crippen molar-refractivity contribution in [3.05, 3.63) is 18.2 Å². The molecule has 1 N–H and O–H groups in total. The molecule has 0 aromatic carbocycles. The lowest BCUT2D eigenvalue weighted by Crippen LogP contribution is -2.36. The number of aromatic nitrogens is 2. The van der Waals surface area contributed by atoms with E-state index < -0.39 is 5.82 Å². The first-order chi connectivity index (χ1) is 7.66. The van der Waals surface area contributed by atoms with E-state index in [2.05, 4.69) is 34.2 Å². The van der Waals surface area contributed by atoms with Gasteiger partial charge in [0.15, 0.2) is 5.82 Å². The summed E-state index contributed by atoms with van der Waals surface area (Å²) in [6.45, 7) is 2.94. The molecular formula is C11H17FN4. The van der Waals surface area contributed by atoms with Crippen molar-refractivity contribution >= 4 is 5.95 Å². The predicted molar refractivity (Wildman–Crippen MR) is 60.7 cm³/mol. The fraction of sp³-hybridized carbons (Fsp3) is 0.636. The van der Waals surface area contributed by atoms with E-state index in [1.54, 1.807) is 0 Å². The first kappa shape index (κ1) is 11.3. The van der Waals surface area contributed by atoms with Gasteiger partial charge < -0.3 is 5.32 Å². The Balaban J connectivity index is 1.79. The molecule has 1 unspecified atom stereocenters. The standard InChI is InChI=1S/C11H17FN4/c1-8(16(2)10-3-4-10)5-13-11-14-6-9(12)7-15-11/h6-8,10H,3-5H2,1-2H3,(H,13,14,15). The molecule has 5 heteroatoms. The summed E-state index contributed by atoms with van der Waals surface area (Å²) in [6.07, 6.45) is 4.94. The van der Waals surface area contributed by atoms with Crippen LogP contribution in [0.5, 0.6) is 0 Å². The lowest BCUT2D eigenvalue weighted by Gasteiger charge is -2.24. The second-order valence-corrected chi connectivity index (χ2v) is 4.35. The molecule has 0 spiro atoms. The van der Waals surface area contributed by atoms with E-state index in [4.69, 9.17) is 0 Å². The molecule has 1 heterocycles. The molecule has 1 atom stereocenters. The predicted octanol–water partition coefficient (Wildman–Crippen LogP) is 1.51. The van der Waals surface area contributed by atoms with Crippen molar-refractivity contribution < 1.29 is 4.39 Å². The molecule has 0 amide bonds. The Labute approximate surface area is 94.9 Å². The highest BCUT2D eigenvalue weighted by atomic mass is 19.1. The molecule has 2 rings (SSSR count). The smallest absolute Gasteiger partial charge is 0.222 e. The van der Waals surface area contributed by atoms with Gasteiger partial charge in [0.05, 0.1) is 12.4 Å². The second kappa shape index (κ2) is 4.74. The first-order valence-corrected chi connectivity index (χ1v) is 5.60. The van der Waals surface area contributed by atoms with Crippen LogP contribution in [0.4, 0.5) is 10.3 Å². The van der Waals surface area contributed by atoms with Gasteiger partial charge in [-0.15, -0.1) is 0 Å². The number of rotatable bonds is 5.